The lowest BCUT2D eigenvalue weighted by atomic mass is 10.0. The summed E-state index contributed by atoms with van der Waals surface area (Å²) in [6.07, 6.45) is 5.56. The van der Waals surface area contributed by atoms with E-state index < -0.39 is 80.9 Å². The van der Waals surface area contributed by atoms with E-state index in [9.17, 15) is 43.2 Å². The van der Waals surface area contributed by atoms with E-state index in [-0.39, 0.29) is 22.8 Å². The van der Waals surface area contributed by atoms with Gasteiger partial charge in [0.25, 0.3) is 23.6 Å². The van der Waals surface area contributed by atoms with Crippen LogP contribution in [-0.4, -0.2) is 88.0 Å². The fraction of sp³-hybridized carbons (Fsp3) is 0.232. The third-order valence-electron chi connectivity index (χ3n) is 13.5. The van der Waals surface area contributed by atoms with Crippen LogP contribution in [0.5, 0.6) is 0 Å². The summed E-state index contributed by atoms with van der Waals surface area (Å²) in [6, 6.07) is 50.5. The van der Waals surface area contributed by atoms with E-state index in [2.05, 4.69) is 42.5 Å². The number of hydrogen-bond acceptors (Lipinski definition) is 11. The lowest BCUT2D eigenvalue weighted by Crippen LogP contribution is -2.60. The molecule has 0 aromatic heterocycles. The van der Waals surface area contributed by atoms with Crippen molar-refractivity contribution in [3.05, 3.63) is 215 Å². The van der Waals surface area contributed by atoms with Crippen LogP contribution in [0.3, 0.4) is 0 Å². The molecule has 0 saturated heterocycles. The first-order chi connectivity index (χ1) is 41.4. The van der Waals surface area contributed by atoms with E-state index in [1.54, 1.807) is 84.9 Å². The number of ether oxygens (including phenoxy) is 1. The summed E-state index contributed by atoms with van der Waals surface area (Å²) in [5.41, 5.74) is 1.99. The molecule has 0 spiro atoms. The summed E-state index contributed by atoms with van der Waals surface area (Å²) in [7, 11) is 1.17. The molecule has 88 heavy (non-hydrogen) atoms. The second-order valence-corrected chi connectivity index (χ2v) is 23.4. The van der Waals surface area contributed by atoms with Crippen molar-refractivity contribution in [1.29, 1.82) is 0 Å². The molecular weight excluding hydrogens is 1110 g/mol. The fourth-order valence-electron chi connectivity index (χ4n) is 8.20. The van der Waals surface area contributed by atoms with Crippen molar-refractivity contribution in [3.63, 3.8) is 0 Å². The maximum absolute atomic E-state index is 14.7. The Bertz CT molecular complexity index is 3680. The average molecular weight is 1190 g/mol. The van der Waals surface area contributed by atoms with Crippen LogP contribution < -0.4 is 48.3 Å². The van der Waals surface area contributed by atoms with Crippen LogP contribution in [0.4, 0.5) is 0 Å². The Morgan fingerprint density at radius 1 is 0.318 bits per heavy atom. The highest BCUT2D eigenvalue weighted by Crippen LogP contribution is 2.23. The Kier molecular flexibility index (Phi) is 21.6. The Hall–Kier alpha value is -10.5. The van der Waals surface area contributed by atoms with Gasteiger partial charge in [-0.1, -0.05) is 170 Å². The molecule has 19 nitrogen and oxygen atoms in total. The molecule has 6 aromatic carbocycles. The summed E-state index contributed by atoms with van der Waals surface area (Å²) < 4.78 is 4.90. The van der Waals surface area contributed by atoms with Crippen LogP contribution in [0.15, 0.2) is 193 Å². The zero-order valence-corrected chi connectivity index (χ0v) is 51.1. The molecule has 0 fully saturated rings. The van der Waals surface area contributed by atoms with Gasteiger partial charge in [-0.2, -0.15) is 0 Å². The van der Waals surface area contributed by atoms with E-state index in [0.29, 0.717) is 22.3 Å². The standard InChI is InChI=1S/C69H75N9O10/c1-65(2,70)60(83)71-52(40-44-24-16-12-17-25-44)56(79)75-66(3,4)61(84)72-53(41-45-26-18-13-19-27-45)57(80)76-67(5,6)62(85)73-54(42-46-32-36-50(37-33-46)48-28-20-14-21-29-48)58(81)77-68(7,8)63(86)74-55(59(82)78-69(9,10)64(87)88-11)43-47-34-38-51(39-35-47)49-30-22-15-23-31-49/h12-43H,70H2,1-11H3,(H,71,83)(H,72,84)(H,73,85)(H,74,86)(H,75,79)(H,76,80)(H,77,81)(H,78,82)/b52-40-,53-41-,54-42-,55-43-. The van der Waals surface area contributed by atoms with E-state index >= 15 is 0 Å². The van der Waals surface area contributed by atoms with E-state index in [0.717, 1.165) is 22.3 Å². The molecule has 0 heterocycles. The highest BCUT2D eigenvalue weighted by atomic mass is 16.5. The normalized spacial score (nSPS) is 12.5. The number of amides is 8. The summed E-state index contributed by atoms with van der Waals surface area (Å²) >= 11 is 0. The topological polar surface area (TPSA) is 285 Å². The zero-order valence-electron chi connectivity index (χ0n) is 51.1. The molecule has 0 bridgehead atoms. The molecule has 0 aliphatic heterocycles. The van der Waals surface area contributed by atoms with Crippen LogP contribution in [0.25, 0.3) is 46.6 Å². The maximum Gasteiger partial charge on any atom is 0.330 e. The molecule has 456 valence electrons. The van der Waals surface area contributed by atoms with Gasteiger partial charge >= 0.3 is 5.97 Å². The molecule has 8 amide bonds. The molecule has 0 aliphatic rings. The molecule has 0 radical (unpaired) electrons. The first-order valence-electron chi connectivity index (χ1n) is 28.1. The predicted molar refractivity (Wildman–Crippen MR) is 340 cm³/mol. The van der Waals surface area contributed by atoms with Gasteiger partial charge in [0.1, 0.15) is 44.9 Å². The van der Waals surface area contributed by atoms with Gasteiger partial charge in [-0.3, -0.25) is 38.4 Å². The quantitative estimate of drug-likeness (QED) is 0.0224. The Labute approximate surface area is 512 Å². The Balaban J connectivity index is 1.28. The van der Waals surface area contributed by atoms with Crippen LogP contribution in [0.2, 0.25) is 0 Å². The number of rotatable bonds is 23. The number of carbonyl (C=O) groups excluding carboxylic acids is 9. The van der Waals surface area contributed by atoms with Gasteiger partial charge in [0.05, 0.1) is 12.6 Å². The van der Waals surface area contributed by atoms with Gasteiger partial charge < -0.3 is 53.0 Å². The van der Waals surface area contributed by atoms with Crippen molar-refractivity contribution < 1.29 is 47.9 Å². The summed E-state index contributed by atoms with van der Waals surface area (Å²) in [5.74, 6) is -7.73. The van der Waals surface area contributed by atoms with Crippen molar-refractivity contribution in [2.75, 3.05) is 7.11 Å². The lowest BCUT2D eigenvalue weighted by molar-refractivity contribution is -0.149. The van der Waals surface area contributed by atoms with Crippen LogP contribution in [0.1, 0.15) is 91.5 Å². The molecule has 0 aliphatic carbocycles. The Morgan fingerprint density at radius 2 is 0.545 bits per heavy atom. The number of carbonyl (C=O) groups is 9. The Morgan fingerprint density at radius 3 is 0.807 bits per heavy atom. The van der Waals surface area contributed by atoms with Crippen molar-refractivity contribution in [2.45, 2.75) is 96.9 Å². The summed E-state index contributed by atoms with van der Waals surface area (Å²) in [5, 5.41) is 21.0. The average Bonchev–Trinajstić information content (AvgIpc) is 2.95. The van der Waals surface area contributed by atoms with Gasteiger partial charge in [0, 0.05) is 0 Å². The van der Waals surface area contributed by atoms with E-state index in [4.69, 9.17) is 10.5 Å². The van der Waals surface area contributed by atoms with Gasteiger partial charge in [0.15, 0.2) is 0 Å². The molecule has 0 unspecified atom stereocenters. The van der Waals surface area contributed by atoms with E-state index in [1.807, 2.05) is 84.9 Å². The van der Waals surface area contributed by atoms with Gasteiger partial charge in [-0.05, 0) is 138 Å². The van der Waals surface area contributed by atoms with Gasteiger partial charge in [0.2, 0.25) is 23.6 Å². The number of nitrogens with one attached hydrogen (secondary N) is 8. The second kappa shape index (κ2) is 28.6. The summed E-state index contributed by atoms with van der Waals surface area (Å²) in [6.45, 7) is 14.0. The minimum absolute atomic E-state index is 0.218. The smallest absolute Gasteiger partial charge is 0.330 e. The molecule has 6 aromatic rings. The minimum atomic E-state index is -1.87. The second-order valence-electron chi connectivity index (χ2n) is 23.4. The predicted octanol–water partition coefficient (Wildman–Crippen LogP) is 7.44. The lowest BCUT2D eigenvalue weighted by Gasteiger charge is -2.30. The first kappa shape index (κ1) is 66.6. The number of nitrogens with two attached hydrogens (primary N) is 1. The molecular formula is C69H75N9O10. The van der Waals surface area contributed by atoms with Crippen molar-refractivity contribution >= 4 is 77.5 Å². The number of benzene rings is 6. The molecule has 0 saturated carbocycles. The van der Waals surface area contributed by atoms with E-state index in [1.165, 1.54) is 101 Å². The molecule has 19 heteroatoms. The van der Waals surface area contributed by atoms with Crippen LogP contribution in [-0.2, 0) is 47.9 Å². The van der Waals surface area contributed by atoms with Gasteiger partial charge in [-0.15, -0.1) is 0 Å². The number of esters is 1. The van der Waals surface area contributed by atoms with Crippen LogP contribution >= 0.6 is 0 Å². The third kappa shape index (κ3) is 18.7. The highest BCUT2D eigenvalue weighted by molar-refractivity contribution is 6.10. The largest absolute Gasteiger partial charge is 0.467 e. The fourth-order valence-corrected chi connectivity index (χ4v) is 8.20. The molecule has 0 atom stereocenters. The number of methoxy groups -OCH3 is 1. The van der Waals surface area contributed by atoms with Gasteiger partial charge in [-0.25, -0.2) is 4.79 Å². The SMILES string of the molecule is COC(=O)C(C)(C)NC(=O)/C(=C/c1ccc(-c2ccccc2)cc1)NC(=O)C(C)(C)NC(=O)/C(=C/c1ccc(-c2ccccc2)cc1)NC(=O)C(C)(C)NC(=O)/C(=C/c1ccccc1)NC(=O)C(C)(C)NC(=O)/C(=C/c1ccccc1)NC(=O)C(C)(C)N. The first-order valence-corrected chi connectivity index (χ1v) is 28.1. The highest BCUT2D eigenvalue weighted by Gasteiger charge is 2.39. The third-order valence-corrected chi connectivity index (χ3v) is 13.5. The zero-order chi connectivity index (χ0) is 64.6. The minimum Gasteiger partial charge on any atom is -0.467 e. The maximum atomic E-state index is 14.7. The van der Waals surface area contributed by atoms with Crippen molar-refractivity contribution in [1.82, 2.24) is 42.5 Å². The molecule has 6 rings (SSSR count). The molecule has 10 N–H and O–H groups in total. The van der Waals surface area contributed by atoms with Crippen molar-refractivity contribution in [2.24, 2.45) is 5.73 Å². The summed E-state index contributed by atoms with van der Waals surface area (Å²) in [4.78, 5) is 126. The number of hydrogen-bond donors (Lipinski definition) is 9. The van der Waals surface area contributed by atoms with Crippen molar-refractivity contribution in [3.8, 4) is 22.3 Å². The monoisotopic (exact) mass is 1190 g/mol. The van der Waals surface area contributed by atoms with Crippen LogP contribution in [0, 0.1) is 0 Å².